The first-order valence-corrected chi connectivity index (χ1v) is 10.4. The molecule has 0 spiro atoms. The molecule has 1 aliphatic heterocycles. The Labute approximate surface area is 165 Å². The Kier molecular flexibility index (Phi) is 4.44. The van der Waals surface area contributed by atoms with E-state index in [9.17, 15) is 18.0 Å². The summed E-state index contributed by atoms with van der Waals surface area (Å²) in [5.41, 5.74) is 0.597. The average molecular weight is 414 g/mol. The number of hydrogen-bond donors (Lipinski definition) is 2. The Morgan fingerprint density at radius 3 is 2.43 bits per heavy atom. The zero-order valence-corrected chi connectivity index (χ0v) is 16.2. The number of hydrogen-bond acceptors (Lipinski definition) is 6. The fraction of sp³-hybridized carbons (Fsp3) is 0.0556. The number of aryl methyl sites for hydroxylation is 1. The molecule has 4 rings (SSSR count). The third kappa shape index (κ3) is 3.39. The van der Waals surface area contributed by atoms with Crippen LogP contribution in [0.4, 0.5) is 5.69 Å². The molecule has 0 aliphatic carbocycles. The van der Waals surface area contributed by atoms with Gasteiger partial charge in [-0.25, -0.2) is 13.4 Å². The van der Waals surface area contributed by atoms with E-state index in [-0.39, 0.29) is 16.0 Å². The van der Waals surface area contributed by atoms with E-state index in [2.05, 4.69) is 15.0 Å². The molecule has 0 bridgehead atoms. The van der Waals surface area contributed by atoms with Crippen molar-refractivity contribution in [2.45, 2.75) is 14.9 Å². The molecule has 0 saturated heterocycles. The molecule has 8 nitrogen and oxygen atoms in total. The van der Waals surface area contributed by atoms with Gasteiger partial charge in [-0.3, -0.25) is 19.6 Å². The van der Waals surface area contributed by atoms with E-state index in [1.165, 1.54) is 30.0 Å². The van der Waals surface area contributed by atoms with Gasteiger partial charge in [0.05, 0.1) is 16.0 Å². The van der Waals surface area contributed by atoms with Crippen molar-refractivity contribution in [3.63, 3.8) is 0 Å². The maximum Gasteiger partial charge on any atom is 0.261 e. The van der Waals surface area contributed by atoms with Gasteiger partial charge in [-0.15, -0.1) is 0 Å². The van der Waals surface area contributed by atoms with Crippen LogP contribution in [0.25, 0.3) is 0 Å². The van der Waals surface area contributed by atoms with Gasteiger partial charge in [0.2, 0.25) is 0 Å². The summed E-state index contributed by atoms with van der Waals surface area (Å²) in [4.78, 5) is 28.4. The van der Waals surface area contributed by atoms with Crippen molar-refractivity contribution in [2.75, 3.05) is 4.72 Å². The van der Waals surface area contributed by atoms with Crippen molar-refractivity contribution in [3.05, 3.63) is 66.0 Å². The fourth-order valence-corrected chi connectivity index (χ4v) is 4.56. The number of amides is 2. The number of nitrogens with one attached hydrogen (secondary N) is 2. The first-order chi connectivity index (χ1) is 13.3. The van der Waals surface area contributed by atoms with Gasteiger partial charge in [-0.1, -0.05) is 11.8 Å². The molecular formula is C18H14N4O4S2. The Morgan fingerprint density at radius 2 is 1.75 bits per heavy atom. The third-order valence-electron chi connectivity index (χ3n) is 4.11. The molecule has 2 amide bonds. The lowest BCUT2D eigenvalue weighted by Crippen LogP contribution is -2.19. The smallest absolute Gasteiger partial charge is 0.261 e. The summed E-state index contributed by atoms with van der Waals surface area (Å²) in [5.74, 6) is -1.13. The Bertz CT molecular complexity index is 1200. The normalized spacial score (nSPS) is 13.3. The predicted molar refractivity (Wildman–Crippen MR) is 103 cm³/mol. The molecule has 0 radical (unpaired) electrons. The summed E-state index contributed by atoms with van der Waals surface area (Å²) >= 11 is 1.46. The van der Waals surface area contributed by atoms with Gasteiger partial charge in [0.15, 0.2) is 5.16 Å². The monoisotopic (exact) mass is 414 g/mol. The summed E-state index contributed by atoms with van der Waals surface area (Å²) in [6.07, 6.45) is 3.55. The lowest BCUT2D eigenvalue weighted by Gasteiger charge is -2.09. The summed E-state index contributed by atoms with van der Waals surface area (Å²) in [5, 5.41) is 2.96. The van der Waals surface area contributed by atoms with Crippen molar-refractivity contribution >= 4 is 39.3 Å². The van der Waals surface area contributed by atoms with E-state index in [1.807, 2.05) is 17.8 Å². The number of fused-ring (bicyclic) bond motifs is 1. The van der Waals surface area contributed by atoms with E-state index in [0.29, 0.717) is 5.69 Å². The molecule has 2 N–H and O–H groups in total. The van der Waals surface area contributed by atoms with Gasteiger partial charge in [-0.2, -0.15) is 0 Å². The molecule has 10 heteroatoms. The molecule has 142 valence electrons. The van der Waals surface area contributed by atoms with Crippen molar-refractivity contribution in [3.8, 4) is 0 Å². The van der Waals surface area contributed by atoms with E-state index in [4.69, 9.17) is 0 Å². The highest BCUT2D eigenvalue weighted by atomic mass is 32.2. The van der Waals surface area contributed by atoms with Crippen LogP contribution in [0.5, 0.6) is 0 Å². The van der Waals surface area contributed by atoms with Gasteiger partial charge >= 0.3 is 0 Å². The highest BCUT2D eigenvalue weighted by Gasteiger charge is 2.28. The number of carbonyl (C=O) groups excluding carboxylic acids is 2. The fourth-order valence-electron chi connectivity index (χ4n) is 2.67. The molecule has 1 aliphatic rings. The number of imide groups is 1. The van der Waals surface area contributed by atoms with E-state index in [0.717, 1.165) is 10.1 Å². The lowest BCUT2D eigenvalue weighted by atomic mass is 10.1. The maximum atomic E-state index is 12.6. The van der Waals surface area contributed by atoms with Gasteiger partial charge in [0.1, 0.15) is 0 Å². The number of carbonyl (C=O) groups is 2. The number of rotatable bonds is 5. The van der Waals surface area contributed by atoms with Gasteiger partial charge in [-0.05, 0) is 42.5 Å². The van der Waals surface area contributed by atoms with Crippen LogP contribution in [0.1, 0.15) is 20.7 Å². The van der Waals surface area contributed by atoms with Crippen LogP contribution in [0.3, 0.4) is 0 Å². The predicted octanol–water partition coefficient (Wildman–Crippen LogP) is 2.26. The minimum Gasteiger partial charge on any atom is -0.329 e. The van der Waals surface area contributed by atoms with Crippen molar-refractivity contribution in [1.29, 1.82) is 0 Å². The summed E-state index contributed by atoms with van der Waals surface area (Å²) in [6, 6.07) is 10.7. The van der Waals surface area contributed by atoms with Gasteiger partial charge in [0.25, 0.3) is 21.8 Å². The Balaban J connectivity index is 1.54. The van der Waals surface area contributed by atoms with Gasteiger partial charge in [0, 0.05) is 30.0 Å². The van der Waals surface area contributed by atoms with Crippen LogP contribution >= 0.6 is 11.8 Å². The van der Waals surface area contributed by atoms with Crippen molar-refractivity contribution in [1.82, 2.24) is 14.9 Å². The molecule has 28 heavy (non-hydrogen) atoms. The van der Waals surface area contributed by atoms with Crippen LogP contribution in [0.2, 0.25) is 0 Å². The molecule has 1 aromatic heterocycles. The highest BCUT2D eigenvalue weighted by Crippen LogP contribution is 2.28. The van der Waals surface area contributed by atoms with E-state index < -0.39 is 21.8 Å². The SMILES string of the molecule is Cn1ccnc1Sc1ccc(NS(=O)(=O)c2ccc3c(c2)C(=O)NC3=O)cc1. The Morgan fingerprint density at radius 1 is 1.04 bits per heavy atom. The first-order valence-electron chi connectivity index (χ1n) is 8.11. The summed E-state index contributed by atoms with van der Waals surface area (Å²) < 4.78 is 29.6. The molecule has 0 saturated carbocycles. The second-order valence-electron chi connectivity index (χ2n) is 6.04. The molecule has 0 atom stereocenters. The topological polar surface area (TPSA) is 110 Å². The van der Waals surface area contributed by atoms with Crippen LogP contribution < -0.4 is 10.0 Å². The van der Waals surface area contributed by atoms with Crippen molar-refractivity contribution < 1.29 is 18.0 Å². The molecule has 0 unspecified atom stereocenters. The largest absolute Gasteiger partial charge is 0.329 e. The number of nitrogens with zero attached hydrogens (tertiary/aromatic N) is 2. The highest BCUT2D eigenvalue weighted by molar-refractivity contribution is 7.99. The summed E-state index contributed by atoms with van der Waals surface area (Å²) in [7, 11) is -2.02. The standard InChI is InChI=1S/C18H14N4O4S2/c1-22-9-8-19-18(22)27-12-4-2-11(3-5-12)21-28(25,26)13-6-7-14-15(10-13)17(24)20-16(14)23/h2-10,21H,1H3,(H,20,23,24). The maximum absolute atomic E-state index is 12.6. The second kappa shape index (κ2) is 6.80. The number of imidazole rings is 1. The minimum atomic E-state index is -3.91. The van der Waals surface area contributed by atoms with Crippen LogP contribution in [-0.4, -0.2) is 29.8 Å². The third-order valence-corrected chi connectivity index (χ3v) is 6.57. The Hall–Kier alpha value is -3.11. The molecule has 0 fully saturated rings. The zero-order chi connectivity index (χ0) is 19.9. The molecule has 3 aromatic rings. The van der Waals surface area contributed by atoms with E-state index >= 15 is 0 Å². The number of sulfonamides is 1. The number of anilines is 1. The number of aromatic nitrogens is 2. The van der Waals surface area contributed by atoms with Gasteiger partial charge < -0.3 is 4.57 Å². The van der Waals surface area contributed by atoms with Crippen LogP contribution in [-0.2, 0) is 17.1 Å². The summed E-state index contributed by atoms with van der Waals surface area (Å²) in [6.45, 7) is 0. The molecule has 2 aromatic carbocycles. The van der Waals surface area contributed by atoms with Crippen LogP contribution in [0.15, 0.2) is 69.8 Å². The molecule has 2 heterocycles. The second-order valence-corrected chi connectivity index (χ2v) is 8.77. The lowest BCUT2D eigenvalue weighted by molar-refractivity contribution is 0.0879. The quantitative estimate of drug-likeness (QED) is 0.620. The van der Waals surface area contributed by atoms with E-state index in [1.54, 1.807) is 30.5 Å². The average Bonchev–Trinajstić information content (AvgIpc) is 3.19. The first kappa shape index (κ1) is 18.3. The number of benzene rings is 2. The van der Waals surface area contributed by atoms with Crippen LogP contribution in [0, 0.1) is 0 Å². The minimum absolute atomic E-state index is 0.0506. The molecular weight excluding hydrogens is 400 g/mol. The van der Waals surface area contributed by atoms with Crippen molar-refractivity contribution in [2.24, 2.45) is 7.05 Å². The zero-order valence-electron chi connectivity index (χ0n) is 14.5.